The van der Waals surface area contributed by atoms with Crippen molar-refractivity contribution in [1.29, 1.82) is 0 Å². The van der Waals surface area contributed by atoms with Gasteiger partial charge in [-0.2, -0.15) is 4.31 Å². The zero-order valence-electron chi connectivity index (χ0n) is 18.2. The van der Waals surface area contributed by atoms with Gasteiger partial charge in [0.1, 0.15) is 11.5 Å². The fraction of sp³-hybridized carbons (Fsp3) is 0.409. The Bertz CT molecular complexity index is 1050. The molecule has 0 unspecified atom stereocenters. The van der Waals surface area contributed by atoms with Gasteiger partial charge in [0.05, 0.1) is 37.0 Å². The average molecular weight is 482 g/mol. The minimum atomic E-state index is -3.63. The van der Waals surface area contributed by atoms with Crippen molar-refractivity contribution in [3.05, 3.63) is 41.4 Å². The van der Waals surface area contributed by atoms with Gasteiger partial charge in [0, 0.05) is 18.1 Å². The predicted octanol–water partition coefficient (Wildman–Crippen LogP) is 3.97. The summed E-state index contributed by atoms with van der Waals surface area (Å²) in [6.07, 6.45) is 3.78. The van der Waals surface area contributed by atoms with E-state index in [0.717, 1.165) is 25.7 Å². The number of ether oxygens (including phenoxy) is 2. The highest BCUT2D eigenvalue weighted by atomic mass is 35.5. The Morgan fingerprint density at radius 3 is 2.25 bits per heavy atom. The van der Waals surface area contributed by atoms with E-state index in [1.807, 2.05) is 0 Å². The summed E-state index contributed by atoms with van der Waals surface area (Å²) < 4.78 is 38.4. The van der Waals surface area contributed by atoms with E-state index in [-0.39, 0.29) is 17.3 Å². The van der Waals surface area contributed by atoms with Gasteiger partial charge < -0.3 is 20.1 Å². The number of hydrogen-bond donors (Lipinski definition) is 2. The molecule has 0 saturated carbocycles. The van der Waals surface area contributed by atoms with E-state index in [0.29, 0.717) is 41.0 Å². The SMILES string of the molecule is COc1ccc(S(=O)(=O)N2CCCCCC2)cc1NCC(=O)Nc1cc(Cl)ccc1OC. The lowest BCUT2D eigenvalue weighted by Gasteiger charge is -2.21. The normalized spacial score (nSPS) is 15.0. The predicted molar refractivity (Wildman–Crippen MR) is 125 cm³/mol. The smallest absolute Gasteiger partial charge is 0.243 e. The fourth-order valence-corrected chi connectivity index (χ4v) is 5.28. The number of rotatable bonds is 8. The molecule has 1 saturated heterocycles. The Kier molecular flexibility index (Phi) is 8.22. The van der Waals surface area contributed by atoms with Gasteiger partial charge in [-0.25, -0.2) is 8.42 Å². The van der Waals surface area contributed by atoms with Crippen molar-refractivity contribution in [1.82, 2.24) is 4.31 Å². The molecular weight excluding hydrogens is 454 g/mol. The molecule has 10 heteroatoms. The number of carbonyl (C=O) groups is 1. The third kappa shape index (κ3) is 5.85. The number of nitrogens with one attached hydrogen (secondary N) is 2. The minimum Gasteiger partial charge on any atom is -0.495 e. The number of benzene rings is 2. The van der Waals surface area contributed by atoms with Crippen LogP contribution in [0.4, 0.5) is 11.4 Å². The van der Waals surface area contributed by atoms with E-state index in [9.17, 15) is 13.2 Å². The van der Waals surface area contributed by atoms with Crippen molar-refractivity contribution < 1.29 is 22.7 Å². The zero-order valence-corrected chi connectivity index (χ0v) is 19.8. The van der Waals surface area contributed by atoms with Crippen molar-refractivity contribution in [2.75, 3.05) is 44.5 Å². The van der Waals surface area contributed by atoms with Crippen LogP contribution in [0.15, 0.2) is 41.3 Å². The minimum absolute atomic E-state index is 0.112. The van der Waals surface area contributed by atoms with Crippen LogP contribution in [-0.4, -0.2) is 52.5 Å². The first-order chi connectivity index (χ1) is 15.3. The van der Waals surface area contributed by atoms with Gasteiger partial charge in [-0.05, 0) is 49.2 Å². The Balaban J connectivity index is 1.75. The lowest BCUT2D eigenvalue weighted by atomic mass is 10.2. The molecule has 32 heavy (non-hydrogen) atoms. The van der Waals surface area contributed by atoms with Gasteiger partial charge >= 0.3 is 0 Å². The van der Waals surface area contributed by atoms with Gasteiger partial charge in [0.15, 0.2) is 0 Å². The molecule has 1 amide bonds. The summed E-state index contributed by atoms with van der Waals surface area (Å²) in [5.41, 5.74) is 0.855. The molecule has 1 aliphatic rings. The third-order valence-electron chi connectivity index (χ3n) is 5.25. The first kappa shape index (κ1) is 24.2. The van der Waals surface area contributed by atoms with Crippen LogP contribution in [0.3, 0.4) is 0 Å². The Morgan fingerprint density at radius 2 is 1.59 bits per heavy atom. The van der Waals surface area contributed by atoms with Crippen LogP contribution in [0.1, 0.15) is 25.7 Å². The number of hydrogen-bond acceptors (Lipinski definition) is 6. The van der Waals surface area contributed by atoms with Crippen LogP contribution in [0.2, 0.25) is 5.02 Å². The molecule has 2 N–H and O–H groups in total. The summed E-state index contributed by atoms with van der Waals surface area (Å²) in [6.45, 7) is 0.918. The summed E-state index contributed by atoms with van der Waals surface area (Å²) in [4.78, 5) is 12.7. The Morgan fingerprint density at radius 1 is 0.969 bits per heavy atom. The topological polar surface area (TPSA) is 97.0 Å². The number of carbonyl (C=O) groups excluding carboxylic acids is 1. The number of anilines is 2. The van der Waals surface area contributed by atoms with Gasteiger partial charge in [0.2, 0.25) is 15.9 Å². The Labute approximate surface area is 193 Å². The van der Waals surface area contributed by atoms with Gasteiger partial charge in [-0.15, -0.1) is 0 Å². The summed E-state index contributed by atoms with van der Waals surface area (Å²) in [5, 5.41) is 6.17. The number of halogens is 1. The van der Waals surface area contributed by atoms with Crippen LogP contribution in [-0.2, 0) is 14.8 Å². The molecule has 8 nitrogen and oxygen atoms in total. The maximum absolute atomic E-state index is 13.1. The maximum Gasteiger partial charge on any atom is 0.243 e. The summed E-state index contributed by atoms with van der Waals surface area (Å²) in [6, 6.07) is 9.53. The number of sulfonamides is 1. The molecule has 0 aromatic heterocycles. The van der Waals surface area contributed by atoms with Gasteiger partial charge in [-0.1, -0.05) is 24.4 Å². The molecule has 0 bridgehead atoms. The van der Waals surface area contributed by atoms with Crippen LogP contribution in [0.25, 0.3) is 0 Å². The van der Waals surface area contributed by atoms with Gasteiger partial charge in [0.25, 0.3) is 0 Å². The van der Waals surface area contributed by atoms with Crippen molar-refractivity contribution in [2.45, 2.75) is 30.6 Å². The fourth-order valence-electron chi connectivity index (χ4n) is 3.56. The van der Waals surface area contributed by atoms with Gasteiger partial charge in [-0.3, -0.25) is 4.79 Å². The van der Waals surface area contributed by atoms with Crippen molar-refractivity contribution >= 4 is 38.9 Å². The lowest BCUT2D eigenvalue weighted by Crippen LogP contribution is -2.32. The molecule has 174 valence electrons. The molecule has 1 heterocycles. The maximum atomic E-state index is 13.1. The summed E-state index contributed by atoms with van der Waals surface area (Å²) in [7, 11) is -0.643. The van der Waals surface area contributed by atoms with E-state index in [2.05, 4.69) is 10.6 Å². The molecular formula is C22H28ClN3O5S. The largest absolute Gasteiger partial charge is 0.495 e. The van der Waals surface area contributed by atoms with E-state index >= 15 is 0 Å². The molecule has 0 atom stereocenters. The third-order valence-corrected chi connectivity index (χ3v) is 7.38. The zero-order chi connectivity index (χ0) is 23.1. The summed E-state index contributed by atoms with van der Waals surface area (Å²) in [5.74, 6) is 0.562. The lowest BCUT2D eigenvalue weighted by molar-refractivity contribution is -0.114. The molecule has 2 aromatic rings. The van der Waals surface area contributed by atoms with Crippen molar-refractivity contribution in [2.24, 2.45) is 0 Å². The monoisotopic (exact) mass is 481 g/mol. The van der Waals surface area contributed by atoms with E-state index in [4.69, 9.17) is 21.1 Å². The average Bonchev–Trinajstić information content (AvgIpc) is 3.08. The van der Waals surface area contributed by atoms with E-state index in [1.54, 1.807) is 24.3 Å². The highest BCUT2D eigenvalue weighted by molar-refractivity contribution is 7.89. The molecule has 1 fully saturated rings. The Hall–Kier alpha value is -2.49. The molecule has 2 aromatic carbocycles. The highest BCUT2D eigenvalue weighted by Gasteiger charge is 2.26. The second-order valence-corrected chi connectivity index (χ2v) is 9.80. The molecule has 3 rings (SSSR count). The second kappa shape index (κ2) is 10.9. The number of amides is 1. The van der Waals surface area contributed by atoms with Crippen LogP contribution in [0.5, 0.6) is 11.5 Å². The first-order valence-electron chi connectivity index (χ1n) is 10.4. The van der Waals surface area contributed by atoms with Crippen molar-refractivity contribution in [3.63, 3.8) is 0 Å². The second-order valence-electron chi connectivity index (χ2n) is 7.43. The highest BCUT2D eigenvalue weighted by Crippen LogP contribution is 2.30. The molecule has 0 aliphatic carbocycles. The van der Waals surface area contributed by atoms with Crippen LogP contribution < -0.4 is 20.1 Å². The number of methoxy groups -OCH3 is 2. The van der Waals surface area contributed by atoms with Crippen LogP contribution in [0, 0.1) is 0 Å². The van der Waals surface area contributed by atoms with Crippen LogP contribution >= 0.6 is 11.6 Å². The van der Waals surface area contributed by atoms with E-state index < -0.39 is 10.0 Å². The molecule has 1 aliphatic heterocycles. The quantitative estimate of drug-likeness (QED) is 0.592. The van der Waals surface area contributed by atoms with E-state index in [1.165, 1.54) is 30.7 Å². The van der Waals surface area contributed by atoms with Crippen molar-refractivity contribution in [3.8, 4) is 11.5 Å². The first-order valence-corrected chi connectivity index (χ1v) is 12.2. The standard InChI is InChI=1S/C22H28ClN3O5S/c1-30-20-10-8-17(32(28,29)26-11-5-3-4-6-12-26)14-18(20)24-15-22(27)25-19-13-16(23)7-9-21(19)31-2/h7-10,13-14,24H,3-6,11-12,15H2,1-2H3,(H,25,27). The molecule has 0 radical (unpaired) electrons. The summed E-state index contributed by atoms with van der Waals surface area (Å²) >= 11 is 6.00. The number of nitrogens with zero attached hydrogens (tertiary/aromatic N) is 1. The molecule has 0 spiro atoms.